The number of nitro benzene ring substituents is 1. The first kappa shape index (κ1) is 19.8. The minimum atomic E-state index is -0.511. The van der Waals surface area contributed by atoms with Crippen molar-refractivity contribution >= 4 is 24.0 Å². The average molecular weight is 382 g/mol. The molecule has 0 radical (unpaired) electrons. The highest BCUT2D eigenvalue weighted by atomic mass is 35.5. The van der Waals surface area contributed by atoms with Crippen molar-refractivity contribution in [1.29, 1.82) is 0 Å². The molecule has 0 bridgehead atoms. The van der Waals surface area contributed by atoms with E-state index in [4.69, 9.17) is 10.3 Å². The number of halogens is 1. The third-order valence-corrected chi connectivity index (χ3v) is 4.37. The topological polar surface area (TPSA) is 137 Å². The van der Waals surface area contributed by atoms with E-state index < -0.39 is 10.5 Å². The summed E-state index contributed by atoms with van der Waals surface area (Å²) in [5, 5.41) is 17.3. The maximum absolute atomic E-state index is 12.0. The molecule has 1 amide bonds. The normalized spacial score (nSPS) is 15.3. The zero-order valence-corrected chi connectivity index (χ0v) is 14.8. The van der Waals surface area contributed by atoms with Gasteiger partial charge in [0.15, 0.2) is 5.82 Å². The summed E-state index contributed by atoms with van der Waals surface area (Å²) in [6, 6.07) is 5.41. The van der Waals surface area contributed by atoms with E-state index in [1.165, 1.54) is 24.3 Å². The van der Waals surface area contributed by atoms with E-state index in [0.717, 1.165) is 25.7 Å². The number of nitrogens with zero attached hydrogens (tertiary/aromatic N) is 3. The maximum Gasteiger partial charge on any atom is 0.269 e. The first-order chi connectivity index (χ1) is 12.0. The van der Waals surface area contributed by atoms with Gasteiger partial charge in [0.05, 0.1) is 10.5 Å². The van der Waals surface area contributed by atoms with Gasteiger partial charge in [0.25, 0.3) is 11.6 Å². The lowest BCUT2D eigenvalue weighted by molar-refractivity contribution is -0.384. The molecule has 1 fully saturated rings. The largest absolute Gasteiger partial charge is 0.352 e. The number of benzene rings is 1. The average Bonchev–Trinajstić information content (AvgIpc) is 3.25. The van der Waals surface area contributed by atoms with E-state index in [0.29, 0.717) is 30.2 Å². The molecule has 0 unspecified atom stereocenters. The number of rotatable bonds is 6. The van der Waals surface area contributed by atoms with Crippen molar-refractivity contribution in [3.63, 3.8) is 0 Å². The second kappa shape index (κ2) is 8.24. The van der Waals surface area contributed by atoms with Crippen LogP contribution in [0.25, 0.3) is 0 Å². The maximum atomic E-state index is 12.0. The second-order valence-corrected chi connectivity index (χ2v) is 6.18. The molecule has 1 heterocycles. The number of hydrogen-bond acceptors (Lipinski definition) is 7. The van der Waals surface area contributed by atoms with Gasteiger partial charge >= 0.3 is 0 Å². The summed E-state index contributed by atoms with van der Waals surface area (Å²) in [6.07, 6.45) is 4.21. The van der Waals surface area contributed by atoms with E-state index in [1.54, 1.807) is 0 Å². The highest BCUT2D eigenvalue weighted by Gasteiger charge is 2.35. The molecule has 1 saturated carbocycles. The van der Waals surface area contributed by atoms with Crippen LogP contribution >= 0.6 is 12.4 Å². The Balaban J connectivity index is 0.00000243. The van der Waals surface area contributed by atoms with Crippen LogP contribution in [-0.4, -0.2) is 27.5 Å². The Labute approximate surface area is 155 Å². The Hall–Kier alpha value is -2.52. The molecule has 2 aromatic rings. The van der Waals surface area contributed by atoms with Gasteiger partial charge in [0.2, 0.25) is 5.89 Å². The Morgan fingerprint density at radius 1 is 1.31 bits per heavy atom. The van der Waals surface area contributed by atoms with Crippen molar-refractivity contribution in [2.45, 2.75) is 37.6 Å². The van der Waals surface area contributed by atoms with Crippen LogP contribution in [0.15, 0.2) is 28.8 Å². The van der Waals surface area contributed by atoms with Crippen LogP contribution in [-0.2, 0) is 12.0 Å². The number of nitro groups is 1. The highest BCUT2D eigenvalue weighted by molar-refractivity contribution is 5.94. The zero-order chi connectivity index (χ0) is 17.9. The van der Waals surface area contributed by atoms with E-state index in [2.05, 4.69) is 15.5 Å². The molecule has 0 atom stereocenters. The number of aromatic nitrogens is 2. The molecule has 1 aromatic heterocycles. The molecule has 26 heavy (non-hydrogen) atoms. The molecular formula is C16H20ClN5O4. The Kier molecular flexibility index (Phi) is 6.27. The van der Waals surface area contributed by atoms with Crippen molar-refractivity contribution in [3.8, 4) is 0 Å². The van der Waals surface area contributed by atoms with Gasteiger partial charge in [-0.15, -0.1) is 12.4 Å². The predicted molar refractivity (Wildman–Crippen MR) is 95.0 cm³/mol. The van der Waals surface area contributed by atoms with Gasteiger partial charge in [-0.05, 0) is 25.0 Å². The van der Waals surface area contributed by atoms with E-state index in [-0.39, 0.29) is 24.0 Å². The van der Waals surface area contributed by atoms with Gasteiger partial charge in [0, 0.05) is 30.7 Å². The first-order valence-corrected chi connectivity index (χ1v) is 8.12. The minimum absolute atomic E-state index is 0. The van der Waals surface area contributed by atoms with Crippen molar-refractivity contribution in [3.05, 3.63) is 51.7 Å². The van der Waals surface area contributed by atoms with Gasteiger partial charge in [-0.2, -0.15) is 4.98 Å². The molecule has 3 rings (SSSR count). The molecule has 0 aliphatic heterocycles. The fourth-order valence-electron chi connectivity index (χ4n) is 2.91. The standard InChI is InChI=1S/C16H19N5O4.ClH/c17-16(8-1-2-9-16)15-19-13(25-20-15)7-10-18-14(22)11-3-5-12(6-4-11)21(23)24;/h3-6H,1-2,7-10,17H2,(H,18,22);1H. The Morgan fingerprint density at radius 2 is 1.96 bits per heavy atom. The fraction of sp³-hybridized carbons (Fsp3) is 0.438. The SMILES string of the molecule is Cl.NC1(c2noc(CCNC(=O)c3ccc([N+](=O)[O-])cc3)n2)CCCC1. The van der Waals surface area contributed by atoms with Gasteiger partial charge in [0.1, 0.15) is 0 Å². The van der Waals surface area contributed by atoms with Crippen molar-refractivity contribution < 1.29 is 14.2 Å². The molecule has 1 aromatic carbocycles. The van der Waals surface area contributed by atoms with Gasteiger partial charge in [-0.25, -0.2) is 0 Å². The van der Waals surface area contributed by atoms with Crippen LogP contribution in [0.2, 0.25) is 0 Å². The number of amides is 1. The molecule has 10 heteroatoms. The number of carbonyl (C=O) groups excluding carboxylic acids is 1. The van der Waals surface area contributed by atoms with E-state index >= 15 is 0 Å². The molecule has 3 N–H and O–H groups in total. The molecule has 1 aliphatic rings. The van der Waals surface area contributed by atoms with Crippen LogP contribution in [0, 0.1) is 10.1 Å². The van der Waals surface area contributed by atoms with E-state index in [9.17, 15) is 14.9 Å². The lowest BCUT2D eigenvalue weighted by Gasteiger charge is -2.17. The zero-order valence-electron chi connectivity index (χ0n) is 14.0. The molecule has 140 valence electrons. The fourth-order valence-corrected chi connectivity index (χ4v) is 2.91. The summed E-state index contributed by atoms with van der Waals surface area (Å²) in [7, 11) is 0. The van der Waals surface area contributed by atoms with Crippen LogP contribution in [0.3, 0.4) is 0 Å². The van der Waals surface area contributed by atoms with Gasteiger partial charge in [-0.3, -0.25) is 14.9 Å². The van der Waals surface area contributed by atoms with Crippen LogP contribution in [0.4, 0.5) is 5.69 Å². The summed E-state index contributed by atoms with van der Waals surface area (Å²) in [5.74, 6) is 0.637. The van der Waals surface area contributed by atoms with Crippen molar-refractivity contribution in [2.24, 2.45) is 5.73 Å². The highest BCUT2D eigenvalue weighted by Crippen LogP contribution is 2.34. The molecule has 0 saturated heterocycles. The monoisotopic (exact) mass is 381 g/mol. The Morgan fingerprint density at radius 3 is 2.58 bits per heavy atom. The summed E-state index contributed by atoms with van der Waals surface area (Å²) < 4.78 is 5.20. The number of non-ortho nitro benzene ring substituents is 1. The molecule has 0 spiro atoms. The number of nitrogens with one attached hydrogen (secondary N) is 1. The molecular weight excluding hydrogens is 362 g/mol. The first-order valence-electron chi connectivity index (χ1n) is 8.12. The smallest absolute Gasteiger partial charge is 0.269 e. The summed E-state index contributed by atoms with van der Waals surface area (Å²) in [6.45, 7) is 0.315. The lowest BCUT2D eigenvalue weighted by atomic mass is 9.99. The van der Waals surface area contributed by atoms with Crippen molar-refractivity contribution in [1.82, 2.24) is 15.5 Å². The van der Waals surface area contributed by atoms with Gasteiger partial charge < -0.3 is 15.6 Å². The molecule has 9 nitrogen and oxygen atoms in total. The summed E-state index contributed by atoms with van der Waals surface area (Å²) >= 11 is 0. The van der Waals surface area contributed by atoms with Gasteiger partial charge in [-0.1, -0.05) is 18.0 Å². The van der Waals surface area contributed by atoms with E-state index in [1.807, 2.05) is 0 Å². The Bertz CT molecular complexity index is 771. The number of hydrogen-bond donors (Lipinski definition) is 2. The van der Waals surface area contributed by atoms with Crippen LogP contribution in [0.5, 0.6) is 0 Å². The summed E-state index contributed by atoms with van der Waals surface area (Å²) in [5.41, 5.74) is 6.07. The second-order valence-electron chi connectivity index (χ2n) is 6.18. The third kappa shape index (κ3) is 4.36. The van der Waals surface area contributed by atoms with Crippen molar-refractivity contribution in [2.75, 3.05) is 6.54 Å². The van der Waals surface area contributed by atoms with Crippen LogP contribution in [0.1, 0.15) is 47.8 Å². The third-order valence-electron chi connectivity index (χ3n) is 4.37. The quantitative estimate of drug-likeness (QED) is 0.577. The van der Waals surface area contributed by atoms with Crippen LogP contribution < -0.4 is 11.1 Å². The molecule has 1 aliphatic carbocycles. The summed E-state index contributed by atoms with van der Waals surface area (Å²) in [4.78, 5) is 26.4. The minimum Gasteiger partial charge on any atom is -0.352 e. The lowest BCUT2D eigenvalue weighted by Crippen LogP contribution is -2.34. The number of carbonyl (C=O) groups is 1. The predicted octanol–water partition coefficient (Wildman–Crippen LogP) is 2.10. The number of nitrogens with two attached hydrogens (primary N) is 1.